The molecule has 90 valence electrons. The number of hydrogen-bond donors (Lipinski definition) is 0. The van der Waals surface area contributed by atoms with Gasteiger partial charge in [-0.15, -0.1) is 0 Å². The van der Waals surface area contributed by atoms with Crippen molar-refractivity contribution in [1.29, 1.82) is 5.26 Å². The van der Waals surface area contributed by atoms with Crippen molar-refractivity contribution in [2.45, 2.75) is 0 Å². The van der Waals surface area contributed by atoms with E-state index in [0.29, 0.717) is 11.3 Å². The van der Waals surface area contributed by atoms with Gasteiger partial charge < -0.3 is 4.74 Å². The topological polar surface area (TPSA) is 71.7 Å². The second kappa shape index (κ2) is 4.70. The molecule has 3 aromatic rings. The van der Waals surface area contributed by atoms with E-state index >= 15 is 0 Å². The molecule has 0 bridgehead atoms. The normalized spacial score (nSPS) is 10.1. The lowest BCUT2D eigenvalue weighted by atomic mass is 10.2. The summed E-state index contributed by atoms with van der Waals surface area (Å²) >= 11 is 0. The van der Waals surface area contributed by atoms with Crippen LogP contribution in [0.15, 0.2) is 48.9 Å². The molecule has 0 N–H and O–H groups in total. The van der Waals surface area contributed by atoms with Gasteiger partial charge in [0.05, 0.1) is 11.0 Å². The number of aromatic nitrogens is 3. The molecule has 2 heterocycles. The lowest BCUT2D eigenvalue weighted by Gasteiger charge is -2.06. The lowest BCUT2D eigenvalue weighted by molar-refractivity contribution is 0.462. The summed E-state index contributed by atoms with van der Waals surface area (Å²) in [7, 11) is 0. The third kappa shape index (κ3) is 2.19. The Morgan fingerprint density at radius 3 is 2.63 bits per heavy atom. The SMILES string of the molecule is N#Cc1cccnc1Oc1ccc2nccnc2c1. The third-order valence-corrected chi connectivity index (χ3v) is 2.55. The molecule has 0 saturated heterocycles. The van der Waals surface area contributed by atoms with Crippen molar-refractivity contribution in [3.05, 3.63) is 54.5 Å². The molecule has 0 aliphatic heterocycles. The van der Waals surface area contributed by atoms with Gasteiger partial charge in [-0.1, -0.05) is 0 Å². The van der Waals surface area contributed by atoms with Gasteiger partial charge in [-0.3, -0.25) is 9.97 Å². The van der Waals surface area contributed by atoms with Crippen molar-refractivity contribution < 1.29 is 4.74 Å². The second-order valence-electron chi connectivity index (χ2n) is 3.78. The molecule has 0 saturated carbocycles. The van der Waals surface area contributed by atoms with Crippen molar-refractivity contribution in [3.8, 4) is 17.7 Å². The molecule has 0 radical (unpaired) electrons. The molecule has 5 heteroatoms. The molecular formula is C14H8N4O. The number of nitrogens with zero attached hydrogens (tertiary/aromatic N) is 4. The van der Waals surface area contributed by atoms with Gasteiger partial charge >= 0.3 is 0 Å². The molecule has 1 aromatic carbocycles. The quantitative estimate of drug-likeness (QED) is 0.697. The van der Waals surface area contributed by atoms with Crippen LogP contribution in [-0.4, -0.2) is 15.0 Å². The Kier molecular flexibility index (Phi) is 2.75. The highest BCUT2D eigenvalue weighted by Crippen LogP contribution is 2.24. The van der Waals surface area contributed by atoms with Gasteiger partial charge in [0.15, 0.2) is 0 Å². The van der Waals surface area contributed by atoms with E-state index in [2.05, 4.69) is 15.0 Å². The van der Waals surface area contributed by atoms with Crippen LogP contribution in [-0.2, 0) is 0 Å². The zero-order chi connectivity index (χ0) is 13.1. The zero-order valence-electron chi connectivity index (χ0n) is 9.82. The Bertz CT molecular complexity index is 779. The number of rotatable bonds is 2. The van der Waals surface area contributed by atoms with Crippen LogP contribution in [0, 0.1) is 11.3 Å². The minimum Gasteiger partial charge on any atom is -0.438 e. The lowest BCUT2D eigenvalue weighted by Crippen LogP contribution is -1.92. The Morgan fingerprint density at radius 2 is 1.79 bits per heavy atom. The maximum atomic E-state index is 8.98. The first-order chi connectivity index (χ1) is 9.36. The Morgan fingerprint density at radius 1 is 0.947 bits per heavy atom. The summed E-state index contributed by atoms with van der Waals surface area (Å²) in [6.07, 6.45) is 4.83. The summed E-state index contributed by atoms with van der Waals surface area (Å²) < 4.78 is 5.61. The smallest absolute Gasteiger partial charge is 0.237 e. The summed E-state index contributed by atoms with van der Waals surface area (Å²) in [4.78, 5) is 12.4. The van der Waals surface area contributed by atoms with Gasteiger partial charge in [-0.2, -0.15) is 5.26 Å². The highest BCUT2D eigenvalue weighted by atomic mass is 16.5. The molecule has 0 atom stereocenters. The van der Waals surface area contributed by atoms with Gasteiger partial charge in [0, 0.05) is 24.7 Å². The van der Waals surface area contributed by atoms with Gasteiger partial charge in [-0.05, 0) is 24.3 Å². The predicted octanol–water partition coefficient (Wildman–Crippen LogP) is 2.69. The van der Waals surface area contributed by atoms with Crippen LogP contribution in [0.1, 0.15) is 5.56 Å². The summed E-state index contributed by atoms with van der Waals surface area (Å²) in [6.45, 7) is 0. The second-order valence-corrected chi connectivity index (χ2v) is 3.78. The fraction of sp³-hybridized carbons (Fsp3) is 0. The molecule has 2 aromatic heterocycles. The number of pyridine rings is 1. The summed E-state index contributed by atoms with van der Waals surface area (Å²) in [5, 5.41) is 8.98. The van der Waals surface area contributed by atoms with E-state index in [1.54, 1.807) is 42.9 Å². The Hall–Kier alpha value is -3.00. The number of nitriles is 1. The summed E-state index contributed by atoms with van der Waals surface area (Å²) in [5.74, 6) is 0.858. The molecule has 5 nitrogen and oxygen atoms in total. The summed E-state index contributed by atoms with van der Waals surface area (Å²) in [6, 6.07) is 10.7. The van der Waals surface area contributed by atoms with E-state index in [1.165, 1.54) is 0 Å². The maximum Gasteiger partial charge on any atom is 0.237 e. The standard InChI is InChI=1S/C14H8N4O/c15-9-10-2-1-5-18-14(10)19-11-3-4-12-13(8-11)17-7-6-16-12/h1-8H. The van der Waals surface area contributed by atoms with Crippen LogP contribution in [0.25, 0.3) is 11.0 Å². The monoisotopic (exact) mass is 248 g/mol. The average molecular weight is 248 g/mol. The maximum absolute atomic E-state index is 8.98. The fourth-order valence-electron chi connectivity index (χ4n) is 1.68. The molecule has 0 spiro atoms. The highest BCUT2D eigenvalue weighted by Gasteiger charge is 2.06. The molecule has 0 amide bonds. The van der Waals surface area contributed by atoms with Crippen molar-refractivity contribution in [1.82, 2.24) is 15.0 Å². The molecule has 0 fully saturated rings. The van der Waals surface area contributed by atoms with E-state index < -0.39 is 0 Å². The van der Waals surface area contributed by atoms with Crippen molar-refractivity contribution in [2.24, 2.45) is 0 Å². The third-order valence-electron chi connectivity index (χ3n) is 2.55. The average Bonchev–Trinajstić information content (AvgIpc) is 2.48. The fourth-order valence-corrected chi connectivity index (χ4v) is 1.68. The largest absolute Gasteiger partial charge is 0.438 e. The minimum absolute atomic E-state index is 0.285. The van der Waals surface area contributed by atoms with Crippen LogP contribution in [0.5, 0.6) is 11.6 Å². The molecular weight excluding hydrogens is 240 g/mol. The molecule has 0 aliphatic carbocycles. The van der Waals surface area contributed by atoms with E-state index in [9.17, 15) is 0 Å². The van der Waals surface area contributed by atoms with Gasteiger partial charge in [0.25, 0.3) is 0 Å². The number of fused-ring (bicyclic) bond motifs is 1. The predicted molar refractivity (Wildman–Crippen MR) is 68.6 cm³/mol. The number of ether oxygens (including phenoxy) is 1. The van der Waals surface area contributed by atoms with E-state index in [1.807, 2.05) is 12.1 Å². The van der Waals surface area contributed by atoms with Crippen LogP contribution in [0.3, 0.4) is 0 Å². The molecule has 0 unspecified atom stereocenters. The molecule has 19 heavy (non-hydrogen) atoms. The van der Waals surface area contributed by atoms with Crippen LogP contribution in [0.4, 0.5) is 0 Å². The van der Waals surface area contributed by atoms with Crippen LogP contribution < -0.4 is 4.74 Å². The van der Waals surface area contributed by atoms with E-state index in [4.69, 9.17) is 10.00 Å². The highest BCUT2D eigenvalue weighted by molar-refractivity contribution is 5.75. The van der Waals surface area contributed by atoms with Crippen LogP contribution >= 0.6 is 0 Å². The number of benzene rings is 1. The summed E-state index contributed by atoms with van der Waals surface area (Å²) in [5.41, 5.74) is 1.91. The van der Waals surface area contributed by atoms with E-state index in [0.717, 1.165) is 11.0 Å². The van der Waals surface area contributed by atoms with Crippen molar-refractivity contribution in [2.75, 3.05) is 0 Å². The number of hydrogen-bond acceptors (Lipinski definition) is 5. The first-order valence-electron chi connectivity index (χ1n) is 5.60. The molecule has 3 rings (SSSR count). The molecule has 0 aliphatic rings. The van der Waals surface area contributed by atoms with Crippen molar-refractivity contribution in [3.63, 3.8) is 0 Å². The Labute approximate surface area is 109 Å². The minimum atomic E-state index is 0.285. The van der Waals surface area contributed by atoms with Gasteiger partial charge in [0.2, 0.25) is 5.88 Å². The van der Waals surface area contributed by atoms with E-state index in [-0.39, 0.29) is 5.88 Å². The van der Waals surface area contributed by atoms with Crippen LogP contribution in [0.2, 0.25) is 0 Å². The van der Waals surface area contributed by atoms with Gasteiger partial charge in [-0.25, -0.2) is 4.98 Å². The first kappa shape index (κ1) is 11.1. The van der Waals surface area contributed by atoms with Crippen molar-refractivity contribution >= 4 is 11.0 Å². The zero-order valence-corrected chi connectivity index (χ0v) is 9.82. The van der Waals surface area contributed by atoms with Gasteiger partial charge in [0.1, 0.15) is 17.4 Å². The first-order valence-corrected chi connectivity index (χ1v) is 5.60. The Balaban J connectivity index is 1.99.